The molecule has 1 aliphatic rings. The molecule has 0 radical (unpaired) electrons. The zero-order valence-corrected chi connectivity index (χ0v) is 11.4. The zero-order valence-electron chi connectivity index (χ0n) is 11.4. The lowest BCUT2D eigenvalue weighted by Gasteiger charge is -2.31. The van der Waals surface area contributed by atoms with Crippen molar-refractivity contribution < 1.29 is 13.6 Å². The molecule has 3 N–H and O–H groups in total. The summed E-state index contributed by atoms with van der Waals surface area (Å²) >= 11 is 0. The summed E-state index contributed by atoms with van der Waals surface area (Å²) in [4.78, 5) is 12.1. The Morgan fingerprint density at radius 1 is 1.15 bits per heavy atom. The smallest absolute Gasteiger partial charge is 0.240 e. The van der Waals surface area contributed by atoms with Gasteiger partial charge in [0.2, 0.25) is 5.91 Å². The first kappa shape index (κ1) is 14.9. The number of carbonyl (C=O) groups is 1. The maximum atomic E-state index is 13.0. The van der Waals surface area contributed by atoms with Gasteiger partial charge in [0.1, 0.15) is 11.6 Å². The molecule has 1 aromatic rings. The van der Waals surface area contributed by atoms with E-state index in [0.29, 0.717) is 31.4 Å². The van der Waals surface area contributed by atoms with E-state index in [2.05, 4.69) is 5.32 Å². The maximum Gasteiger partial charge on any atom is 0.240 e. The van der Waals surface area contributed by atoms with Gasteiger partial charge in [-0.2, -0.15) is 0 Å². The summed E-state index contributed by atoms with van der Waals surface area (Å²) in [6.45, 7) is 0.334. The number of benzene rings is 1. The fourth-order valence-corrected chi connectivity index (χ4v) is 2.66. The van der Waals surface area contributed by atoms with Crippen LogP contribution < -0.4 is 11.1 Å². The Kier molecular flexibility index (Phi) is 4.70. The average Bonchev–Trinajstić information content (AvgIpc) is 2.38. The van der Waals surface area contributed by atoms with E-state index in [0.717, 1.165) is 25.3 Å². The van der Waals surface area contributed by atoms with Crippen molar-refractivity contribution in [3.63, 3.8) is 0 Å². The SMILES string of the molecule is NC1(C(=O)NCCc2cc(F)cc(F)c2)CCCCC1. The largest absolute Gasteiger partial charge is 0.354 e. The first-order chi connectivity index (χ1) is 9.49. The van der Waals surface area contributed by atoms with E-state index < -0.39 is 17.2 Å². The highest BCUT2D eigenvalue weighted by Crippen LogP contribution is 2.25. The van der Waals surface area contributed by atoms with Crippen LogP contribution in [-0.2, 0) is 11.2 Å². The summed E-state index contributed by atoms with van der Waals surface area (Å²) in [5, 5.41) is 2.77. The van der Waals surface area contributed by atoms with Gasteiger partial charge in [-0.3, -0.25) is 4.79 Å². The molecule has 0 atom stereocenters. The van der Waals surface area contributed by atoms with E-state index in [9.17, 15) is 13.6 Å². The van der Waals surface area contributed by atoms with Crippen molar-refractivity contribution in [1.82, 2.24) is 5.32 Å². The van der Waals surface area contributed by atoms with Crippen molar-refractivity contribution in [2.75, 3.05) is 6.54 Å². The second kappa shape index (κ2) is 6.31. The summed E-state index contributed by atoms with van der Waals surface area (Å²) in [7, 11) is 0. The molecule has 1 amide bonds. The van der Waals surface area contributed by atoms with Gasteiger partial charge in [-0.15, -0.1) is 0 Å². The van der Waals surface area contributed by atoms with Gasteiger partial charge in [-0.25, -0.2) is 8.78 Å². The van der Waals surface area contributed by atoms with Gasteiger partial charge in [-0.05, 0) is 37.0 Å². The summed E-state index contributed by atoms with van der Waals surface area (Å²) in [6, 6.07) is 3.38. The molecule has 0 spiro atoms. The Morgan fingerprint density at radius 3 is 2.35 bits per heavy atom. The minimum Gasteiger partial charge on any atom is -0.354 e. The number of rotatable bonds is 4. The first-order valence-electron chi connectivity index (χ1n) is 7.02. The highest BCUT2D eigenvalue weighted by atomic mass is 19.1. The minimum absolute atomic E-state index is 0.158. The van der Waals surface area contributed by atoms with Gasteiger partial charge in [0.15, 0.2) is 0 Å². The van der Waals surface area contributed by atoms with Crippen LogP contribution in [0.5, 0.6) is 0 Å². The van der Waals surface area contributed by atoms with Crippen molar-refractivity contribution >= 4 is 5.91 Å². The van der Waals surface area contributed by atoms with E-state index >= 15 is 0 Å². The maximum absolute atomic E-state index is 13.0. The molecular formula is C15H20F2N2O. The van der Waals surface area contributed by atoms with Crippen LogP contribution in [0.3, 0.4) is 0 Å². The molecule has 2 rings (SSSR count). The molecule has 0 saturated heterocycles. The van der Waals surface area contributed by atoms with Crippen molar-refractivity contribution in [2.45, 2.75) is 44.1 Å². The van der Waals surface area contributed by atoms with Crippen LogP contribution in [0.2, 0.25) is 0 Å². The molecule has 0 unspecified atom stereocenters. The highest BCUT2D eigenvalue weighted by Gasteiger charge is 2.34. The van der Waals surface area contributed by atoms with Gasteiger partial charge in [0.25, 0.3) is 0 Å². The Labute approximate surface area is 117 Å². The lowest BCUT2D eigenvalue weighted by Crippen LogP contribution is -2.55. The number of hydrogen-bond donors (Lipinski definition) is 2. The number of nitrogens with two attached hydrogens (primary N) is 1. The Hall–Kier alpha value is -1.49. The summed E-state index contributed by atoms with van der Waals surface area (Å²) in [5.74, 6) is -1.36. The predicted octanol–water partition coefficient (Wildman–Crippen LogP) is 2.29. The second-order valence-corrected chi connectivity index (χ2v) is 5.50. The Bertz CT molecular complexity index is 465. The van der Waals surface area contributed by atoms with Gasteiger partial charge < -0.3 is 11.1 Å². The fraction of sp³-hybridized carbons (Fsp3) is 0.533. The van der Waals surface area contributed by atoms with E-state index in [1.165, 1.54) is 12.1 Å². The summed E-state index contributed by atoms with van der Waals surface area (Å²) in [6.07, 6.45) is 4.85. The van der Waals surface area contributed by atoms with Crippen LogP contribution in [-0.4, -0.2) is 18.0 Å². The molecule has 0 aromatic heterocycles. The summed E-state index contributed by atoms with van der Waals surface area (Å²) in [5.41, 5.74) is 5.85. The van der Waals surface area contributed by atoms with Crippen LogP contribution >= 0.6 is 0 Å². The molecule has 0 aliphatic heterocycles. The molecule has 1 saturated carbocycles. The minimum atomic E-state index is -0.772. The molecule has 0 bridgehead atoms. The fourth-order valence-electron chi connectivity index (χ4n) is 2.66. The normalized spacial score (nSPS) is 17.8. The number of nitrogens with one attached hydrogen (secondary N) is 1. The Balaban J connectivity index is 1.84. The summed E-state index contributed by atoms with van der Waals surface area (Å²) < 4.78 is 26.0. The molecule has 5 heteroatoms. The van der Waals surface area contributed by atoms with E-state index in [1.54, 1.807) is 0 Å². The molecular weight excluding hydrogens is 262 g/mol. The third-order valence-electron chi connectivity index (χ3n) is 3.82. The molecule has 1 aromatic carbocycles. The molecule has 3 nitrogen and oxygen atoms in total. The predicted molar refractivity (Wildman–Crippen MR) is 73.1 cm³/mol. The van der Waals surface area contributed by atoms with Crippen molar-refractivity contribution in [1.29, 1.82) is 0 Å². The molecule has 20 heavy (non-hydrogen) atoms. The van der Waals surface area contributed by atoms with Gasteiger partial charge in [0.05, 0.1) is 5.54 Å². The monoisotopic (exact) mass is 282 g/mol. The first-order valence-corrected chi connectivity index (χ1v) is 7.02. The van der Waals surface area contributed by atoms with Gasteiger partial charge in [-0.1, -0.05) is 19.3 Å². The van der Waals surface area contributed by atoms with E-state index in [1.807, 2.05) is 0 Å². The third kappa shape index (κ3) is 3.76. The number of amides is 1. The van der Waals surface area contributed by atoms with Gasteiger partial charge in [0, 0.05) is 12.6 Å². The van der Waals surface area contributed by atoms with Gasteiger partial charge >= 0.3 is 0 Å². The Morgan fingerprint density at radius 2 is 1.75 bits per heavy atom. The van der Waals surface area contributed by atoms with Crippen LogP contribution in [0.4, 0.5) is 8.78 Å². The zero-order chi connectivity index (χ0) is 14.6. The van der Waals surface area contributed by atoms with Crippen LogP contribution in [0.15, 0.2) is 18.2 Å². The second-order valence-electron chi connectivity index (χ2n) is 5.50. The average molecular weight is 282 g/mol. The lowest BCUT2D eigenvalue weighted by molar-refractivity contribution is -0.127. The topological polar surface area (TPSA) is 55.1 Å². The number of carbonyl (C=O) groups excluding carboxylic acids is 1. The molecule has 1 aliphatic carbocycles. The molecule has 110 valence electrons. The van der Waals surface area contributed by atoms with E-state index in [4.69, 9.17) is 5.73 Å². The number of halogens is 2. The molecule has 0 heterocycles. The van der Waals surface area contributed by atoms with Crippen LogP contribution in [0.25, 0.3) is 0 Å². The van der Waals surface area contributed by atoms with Crippen LogP contribution in [0.1, 0.15) is 37.7 Å². The highest BCUT2D eigenvalue weighted by molar-refractivity contribution is 5.86. The van der Waals surface area contributed by atoms with Crippen molar-refractivity contribution in [3.05, 3.63) is 35.4 Å². The van der Waals surface area contributed by atoms with Crippen LogP contribution in [0, 0.1) is 11.6 Å². The third-order valence-corrected chi connectivity index (χ3v) is 3.82. The standard InChI is InChI=1S/C15H20F2N2O/c16-12-8-11(9-13(17)10-12)4-7-19-14(20)15(18)5-2-1-3-6-15/h8-10H,1-7,18H2,(H,19,20). The van der Waals surface area contributed by atoms with Crippen molar-refractivity contribution in [3.8, 4) is 0 Å². The molecule has 1 fully saturated rings. The lowest BCUT2D eigenvalue weighted by atomic mass is 9.82. The van der Waals surface area contributed by atoms with E-state index in [-0.39, 0.29) is 5.91 Å². The number of hydrogen-bond acceptors (Lipinski definition) is 2. The van der Waals surface area contributed by atoms with Crippen molar-refractivity contribution in [2.24, 2.45) is 5.73 Å². The quantitative estimate of drug-likeness (QED) is 0.890.